The Labute approximate surface area is 195 Å². The number of ether oxygens (including phenoxy) is 1. The van der Waals surface area contributed by atoms with Crippen molar-refractivity contribution in [1.29, 1.82) is 0 Å². The van der Waals surface area contributed by atoms with Gasteiger partial charge in [-0.2, -0.15) is 4.31 Å². The number of carbonyl (C=O) groups excluding carboxylic acids is 1. The molecule has 0 radical (unpaired) electrons. The SMILES string of the molecule is CCOc1ccc(C(=O)Nc2ccc(Br)cc2F)cc1CN(C)S(=O)(=O)c1ccccc1. The summed E-state index contributed by atoms with van der Waals surface area (Å²) in [5.74, 6) is -0.634. The Morgan fingerprint density at radius 2 is 1.81 bits per heavy atom. The third-order valence-electron chi connectivity index (χ3n) is 4.65. The fourth-order valence-corrected chi connectivity index (χ4v) is 4.53. The molecule has 0 bridgehead atoms. The molecule has 0 fully saturated rings. The molecule has 0 aliphatic rings. The first-order valence-corrected chi connectivity index (χ1v) is 12.0. The Morgan fingerprint density at radius 3 is 2.47 bits per heavy atom. The van der Waals surface area contributed by atoms with Crippen LogP contribution in [0.25, 0.3) is 0 Å². The summed E-state index contributed by atoms with van der Waals surface area (Å²) < 4.78 is 47.2. The fraction of sp³-hybridized carbons (Fsp3) is 0.174. The van der Waals surface area contributed by atoms with Gasteiger partial charge in [0.25, 0.3) is 5.91 Å². The van der Waals surface area contributed by atoms with Gasteiger partial charge in [-0.25, -0.2) is 12.8 Å². The van der Waals surface area contributed by atoms with Gasteiger partial charge in [0.2, 0.25) is 10.0 Å². The maximum absolute atomic E-state index is 14.1. The number of rotatable bonds is 8. The van der Waals surface area contributed by atoms with E-state index in [2.05, 4.69) is 21.2 Å². The fourth-order valence-electron chi connectivity index (χ4n) is 3.02. The summed E-state index contributed by atoms with van der Waals surface area (Å²) in [6, 6.07) is 17.1. The van der Waals surface area contributed by atoms with Crippen molar-refractivity contribution in [3.63, 3.8) is 0 Å². The first-order valence-electron chi connectivity index (χ1n) is 9.76. The summed E-state index contributed by atoms with van der Waals surface area (Å²) in [6.45, 7) is 2.17. The highest BCUT2D eigenvalue weighted by molar-refractivity contribution is 9.10. The van der Waals surface area contributed by atoms with Crippen LogP contribution >= 0.6 is 15.9 Å². The van der Waals surface area contributed by atoms with E-state index in [1.165, 1.54) is 35.6 Å². The van der Waals surface area contributed by atoms with Crippen molar-refractivity contribution >= 4 is 37.5 Å². The van der Waals surface area contributed by atoms with E-state index in [0.29, 0.717) is 22.4 Å². The molecule has 0 saturated heterocycles. The van der Waals surface area contributed by atoms with Gasteiger partial charge in [-0.3, -0.25) is 4.79 Å². The molecule has 3 aromatic carbocycles. The predicted octanol–water partition coefficient (Wildman–Crippen LogP) is 5.06. The second-order valence-electron chi connectivity index (χ2n) is 6.91. The molecule has 32 heavy (non-hydrogen) atoms. The highest BCUT2D eigenvalue weighted by Crippen LogP contribution is 2.26. The zero-order valence-corrected chi connectivity index (χ0v) is 19.9. The molecule has 1 N–H and O–H groups in total. The second kappa shape index (κ2) is 10.2. The largest absolute Gasteiger partial charge is 0.494 e. The Kier molecular flexibility index (Phi) is 7.65. The molecule has 1 amide bonds. The number of benzene rings is 3. The van der Waals surface area contributed by atoms with Crippen LogP contribution in [0.5, 0.6) is 5.75 Å². The molecule has 3 rings (SSSR count). The number of amides is 1. The van der Waals surface area contributed by atoms with Crippen molar-refractivity contribution in [3.05, 3.63) is 88.1 Å². The van der Waals surface area contributed by atoms with E-state index < -0.39 is 21.7 Å². The lowest BCUT2D eigenvalue weighted by atomic mass is 10.1. The van der Waals surface area contributed by atoms with Gasteiger partial charge in [0, 0.05) is 29.2 Å². The van der Waals surface area contributed by atoms with Gasteiger partial charge in [0.05, 0.1) is 17.2 Å². The van der Waals surface area contributed by atoms with Crippen LogP contribution in [0, 0.1) is 5.82 Å². The standard InChI is InChI=1S/C23H22BrFN2O4S/c1-3-31-22-12-9-16(23(28)26-21-11-10-18(24)14-20(21)25)13-17(22)15-27(2)32(29,30)19-7-5-4-6-8-19/h4-14H,3,15H2,1-2H3,(H,26,28). The third-order valence-corrected chi connectivity index (χ3v) is 6.96. The van der Waals surface area contributed by atoms with E-state index >= 15 is 0 Å². The molecule has 168 valence electrons. The first kappa shape index (κ1) is 23.9. The predicted molar refractivity (Wildman–Crippen MR) is 125 cm³/mol. The number of halogens is 2. The number of nitrogens with zero attached hydrogens (tertiary/aromatic N) is 1. The van der Waals surface area contributed by atoms with E-state index in [1.54, 1.807) is 42.5 Å². The Balaban J connectivity index is 1.88. The van der Waals surface area contributed by atoms with Crippen molar-refractivity contribution in [2.24, 2.45) is 0 Å². The van der Waals surface area contributed by atoms with Gasteiger partial charge in [0.1, 0.15) is 11.6 Å². The van der Waals surface area contributed by atoms with E-state index in [-0.39, 0.29) is 22.7 Å². The van der Waals surface area contributed by atoms with Gasteiger partial charge in [-0.05, 0) is 55.5 Å². The van der Waals surface area contributed by atoms with Crippen LogP contribution in [0.1, 0.15) is 22.8 Å². The van der Waals surface area contributed by atoms with Crippen LogP contribution in [0.2, 0.25) is 0 Å². The van der Waals surface area contributed by atoms with Gasteiger partial charge in [-0.15, -0.1) is 0 Å². The minimum absolute atomic E-state index is 0.0136. The molecule has 0 spiro atoms. The Hall–Kier alpha value is -2.75. The second-order valence-corrected chi connectivity index (χ2v) is 9.87. The van der Waals surface area contributed by atoms with Crippen LogP contribution in [-0.4, -0.2) is 32.3 Å². The van der Waals surface area contributed by atoms with Crippen molar-refractivity contribution < 1.29 is 22.3 Å². The number of nitrogens with one attached hydrogen (secondary N) is 1. The minimum Gasteiger partial charge on any atom is -0.494 e. The van der Waals surface area contributed by atoms with Crippen LogP contribution in [0.3, 0.4) is 0 Å². The lowest BCUT2D eigenvalue weighted by Crippen LogP contribution is -2.27. The number of hydrogen-bond donors (Lipinski definition) is 1. The average Bonchev–Trinajstić information content (AvgIpc) is 2.77. The maximum atomic E-state index is 14.1. The van der Waals surface area contributed by atoms with Crippen LogP contribution in [0.4, 0.5) is 10.1 Å². The van der Waals surface area contributed by atoms with Gasteiger partial charge in [-0.1, -0.05) is 34.1 Å². The summed E-state index contributed by atoms with van der Waals surface area (Å²) in [7, 11) is -2.28. The first-order chi connectivity index (χ1) is 15.2. The van der Waals surface area contributed by atoms with E-state index in [1.807, 2.05) is 6.92 Å². The lowest BCUT2D eigenvalue weighted by Gasteiger charge is -2.20. The van der Waals surface area contributed by atoms with Gasteiger partial charge < -0.3 is 10.1 Å². The highest BCUT2D eigenvalue weighted by atomic mass is 79.9. The van der Waals surface area contributed by atoms with Crippen LogP contribution in [0.15, 0.2) is 76.1 Å². The monoisotopic (exact) mass is 520 g/mol. The summed E-state index contributed by atoms with van der Waals surface area (Å²) in [6.07, 6.45) is 0. The molecule has 0 unspecified atom stereocenters. The third kappa shape index (κ3) is 5.53. The minimum atomic E-state index is -3.74. The quantitative estimate of drug-likeness (QED) is 0.450. The molecule has 3 aromatic rings. The molecule has 0 atom stereocenters. The Bertz CT molecular complexity index is 1220. The number of hydrogen-bond acceptors (Lipinski definition) is 4. The van der Waals surface area contributed by atoms with E-state index in [0.717, 1.165) is 0 Å². The van der Waals surface area contributed by atoms with Crippen LogP contribution in [-0.2, 0) is 16.6 Å². The molecule has 0 heterocycles. The molecule has 0 aliphatic carbocycles. The molecular formula is C23H22BrFN2O4S. The summed E-state index contributed by atoms with van der Waals surface area (Å²) in [5, 5.41) is 2.53. The highest BCUT2D eigenvalue weighted by Gasteiger charge is 2.22. The maximum Gasteiger partial charge on any atom is 0.255 e. The van der Waals surface area contributed by atoms with Crippen molar-refractivity contribution in [2.75, 3.05) is 19.0 Å². The van der Waals surface area contributed by atoms with E-state index in [9.17, 15) is 17.6 Å². The normalized spacial score (nSPS) is 11.4. The van der Waals surface area contributed by atoms with Crippen molar-refractivity contribution in [1.82, 2.24) is 4.31 Å². The van der Waals surface area contributed by atoms with Gasteiger partial charge >= 0.3 is 0 Å². The summed E-state index contributed by atoms with van der Waals surface area (Å²) in [4.78, 5) is 12.9. The zero-order valence-electron chi connectivity index (χ0n) is 17.5. The summed E-state index contributed by atoms with van der Waals surface area (Å²) in [5.41, 5.74) is 0.798. The number of carbonyl (C=O) groups is 1. The summed E-state index contributed by atoms with van der Waals surface area (Å²) >= 11 is 3.17. The molecule has 0 aliphatic heterocycles. The molecular weight excluding hydrogens is 499 g/mol. The van der Waals surface area contributed by atoms with Gasteiger partial charge in [0.15, 0.2) is 0 Å². The number of sulfonamides is 1. The Morgan fingerprint density at radius 1 is 1.09 bits per heavy atom. The lowest BCUT2D eigenvalue weighted by molar-refractivity contribution is 0.102. The topological polar surface area (TPSA) is 75.7 Å². The smallest absolute Gasteiger partial charge is 0.255 e. The molecule has 6 nitrogen and oxygen atoms in total. The average molecular weight is 521 g/mol. The molecule has 0 aromatic heterocycles. The van der Waals surface area contributed by atoms with E-state index in [4.69, 9.17) is 4.74 Å². The zero-order chi connectivity index (χ0) is 23.3. The van der Waals surface area contributed by atoms with Crippen molar-refractivity contribution in [2.45, 2.75) is 18.4 Å². The van der Waals surface area contributed by atoms with Crippen LogP contribution < -0.4 is 10.1 Å². The number of anilines is 1. The molecule has 0 saturated carbocycles. The molecule has 9 heteroatoms. The van der Waals surface area contributed by atoms with Crippen molar-refractivity contribution in [3.8, 4) is 5.75 Å².